The van der Waals surface area contributed by atoms with E-state index in [-0.39, 0.29) is 12.3 Å². The molecule has 3 fully saturated rings. The molecule has 60 heavy (non-hydrogen) atoms. The minimum Gasteiger partial charge on any atom is -0.496 e. The SMILES string of the molecule is CC[C@]1(O)C[C@@H]2CN(CCc3c([nH]c4ccccc34)[C@@](C(=O)OC)(c3cc4c(cc3OC)N(C=O)[C@@H]3[C@@](O)(C(=O)OC)[C@H](OC(C)=O)[C@]5(CC)C=CCN6CC[C@]43[C@H]65)C2)C1. The van der Waals surface area contributed by atoms with Gasteiger partial charge < -0.3 is 39.0 Å². The van der Waals surface area contributed by atoms with Crippen LogP contribution < -0.4 is 9.64 Å². The van der Waals surface area contributed by atoms with Crippen LogP contribution >= 0.6 is 0 Å². The molecule has 2 bridgehead atoms. The normalized spacial score (nSPS) is 36.5. The third kappa shape index (κ3) is 5.19. The number of esters is 3. The van der Waals surface area contributed by atoms with Gasteiger partial charge in [-0.05, 0) is 74.2 Å². The Hall–Kier alpha value is -4.76. The van der Waals surface area contributed by atoms with Crippen molar-refractivity contribution in [2.75, 3.05) is 59.0 Å². The van der Waals surface area contributed by atoms with Crippen LogP contribution in [0, 0.1) is 11.3 Å². The molecule has 3 aromatic rings. The fraction of sp³-hybridized carbons (Fsp3) is 0.565. The van der Waals surface area contributed by atoms with Crippen molar-refractivity contribution in [1.29, 1.82) is 0 Å². The van der Waals surface area contributed by atoms with Crippen molar-refractivity contribution >= 4 is 40.9 Å². The van der Waals surface area contributed by atoms with Crippen LogP contribution in [0.15, 0.2) is 48.6 Å². The fourth-order valence-electron chi connectivity index (χ4n) is 13.4. The number of hydrogen-bond donors (Lipinski definition) is 3. The van der Waals surface area contributed by atoms with Gasteiger partial charge in [-0.15, -0.1) is 0 Å². The molecule has 6 aliphatic rings. The molecule has 14 nitrogen and oxygen atoms in total. The molecule has 1 amide bonds. The van der Waals surface area contributed by atoms with Gasteiger partial charge in [0.05, 0.1) is 38.7 Å². The summed E-state index contributed by atoms with van der Waals surface area (Å²) in [5, 5.41) is 26.3. The molecule has 10 atom stereocenters. The lowest BCUT2D eigenvalue weighted by Crippen LogP contribution is -2.81. The molecule has 1 saturated carbocycles. The number of para-hydroxylation sites is 1. The Kier molecular flexibility index (Phi) is 9.58. The zero-order chi connectivity index (χ0) is 42.6. The van der Waals surface area contributed by atoms with E-state index in [1.165, 1.54) is 33.2 Å². The molecule has 1 unspecified atom stereocenters. The fourth-order valence-corrected chi connectivity index (χ4v) is 13.4. The highest BCUT2D eigenvalue weighted by Crippen LogP contribution is 2.68. The van der Waals surface area contributed by atoms with Gasteiger partial charge >= 0.3 is 17.9 Å². The summed E-state index contributed by atoms with van der Waals surface area (Å²) >= 11 is 0. The van der Waals surface area contributed by atoms with E-state index < -0.39 is 63.5 Å². The van der Waals surface area contributed by atoms with E-state index in [2.05, 4.69) is 20.9 Å². The second-order valence-corrected chi connectivity index (χ2v) is 18.1. The quantitative estimate of drug-likeness (QED) is 0.131. The molecule has 0 radical (unpaired) electrons. The number of benzene rings is 2. The Morgan fingerprint density at radius 1 is 0.967 bits per heavy atom. The Morgan fingerprint density at radius 2 is 1.73 bits per heavy atom. The van der Waals surface area contributed by atoms with Crippen molar-refractivity contribution in [3.63, 3.8) is 0 Å². The van der Waals surface area contributed by atoms with Crippen molar-refractivity contribution in [2.24, 2.45) is 11.3 Å². The number of methoxy groups -OCH3 is 3. The van der Waals surface area contributed by atoms with Crippen LogP contribution in [0.1, 0.15) is 75.3 Å². The van der Waals surface area contributed by atoms with E-state index in [9.17, 15) is 24.6 Å². The van der Waals surface area contributed by atoms with E-state index in [0.29, 0.717) is 99.5 Å². The predicted molar refractivity (Wildman–Crippen MR) is 221 cm³/mol. The Balaban J connectivity index is 1.38. The smallest absolute Gasteiger partial charge is 0.344 e. The van der Waals surface area contributed by atoms with Gasteiger partial charge in [-0.1, -0.05) is 44.2 Å². The molecule has 1 aliphatic carbocycles. The number of carbonyl (C=O) groups is 4. The van der Waals surface area contributed by atoms with Gasteiger partial charge in [0, 0.05) is 78.2 Å². The van der Waals surface area contributed by atoms with Crippen molar-refractivity contribution in [2.45, 2.75) is 99.5 Å². The molecular weight excluding hydrogens is 769 g/mol. The highest BCUT2D eigenvalue weighted by atomic mass is 16.6. The third-order valence-corrected chi connectivity index (χ3v) is 15.5. The summed E-state index contributed by atoms with van der Waals surface area (Å²) in [4.78, 5) is 66.1. The van der Waals surface area contributed by atoms with Crippen molar-refractivity contribution in [1.82, 2.24) is 14.8 Å². The number of aliphatic hydroxyl groups is 2. The number of nitrogens with one attached hydrogen (secondary N) is 1. The number of aromatic amines is 1. The molecular formula is C46H56N4O10. The summed E-state index contributed by atoms with van der Waals surface area (Å²) < 4.78 is 23.7. The molecule has 1 spiro atoms. The maximum atomic E-state index is 15.3. The van der Waals surface area contributed by atoms with Crippen LogP contribution in [0.4, 0.5) is 5.69 Å². The Bertz CT molecular complexity index is 2310. The van der Waals surface area contributed by atoms with Crippen molar-refractivity contribution in [3.8, 4) is 5.75 Å². The number of amides is 1. The number of carbonyl (C=O) groups excluding carboxylic acids is 4. The van der Waals surface area contributed by atoms with Gasteiger partial charge in [0.25, 0.3) is 0 Å². The van der Waals surface area contributed by atoms with E-state index in [1.54, 1.807) is 6.07 Å². The molecule has 9 rings (SSSR count). The molecule has 320 valence electrons. The van der Waals surface area contributed by atoms with Crippen LogP contribution in [0.5, 0.6) is 5.75 Å². The van der Waals surface area contributed by atoms with Crippen LogP contribution in [0.2, 0.25) is 0 Å². The number of H-pyrrole nitrogens is 1. The van der Waals surface area contributed by atoms with E-state index in [0.717, 1.165) is 16.5 Å². The predicted octanol–water partition coefficient (Wildman–Crippen LogP) is 3.52. The topological polar surface area (TPSA) is 171 Å². The van der Waals surface area contributed by atoms with Crippen molar-refractivity contribution in [3.05, 3.63) is 70.9 Å². The molecule has 14 heteroatoms. The van der Waals surface area contributed by atoms with E-state index in [4.69, 9.17) is 18.9 Å². The molecule has 2 saturated heterocycles. The number of anilines is 1. The first kappa shape index (κ1) is 40.6. The highest BCUT2D eigenvalue weighted by Gasteiger charge is 2.81. The monoisotopic (exact) mass is 824 g/mol. The minimum absolute atomic E-state index is 0.155. The number of nitrogens with zero attached hydrogens (tertiary/aromatic N) is 3. The minimum atomic E-state index is -2.53. The van der Waals surface area contributed by atoms with Crippen LogP contribution in [0.25, 0.3) is 10.9 Å². The maximum absolute atomic E-state index is 15.3. The summed E-state index contributed by atoms with van der Waals surface area (Å²) in [6.07, 6.45) is 5.83. The summed E-state index contributed by atoms with van der Waals surface area (Å²) in [7, 11) is 4.09. The van der Waals surface area contributed by atoms with Crippen LogP contribution in [0.3, 0.4) is 0 Å². The first-order valence-corrected chi connectivity index (χ1v) is 21.3. The standard InChI is InChI=1S/C46H56N4O10/c1-7-42(55)22-28-23-45(40(53)58-5,36-30(14-18-48(24-28)25-42)29-12-9-10-13-33(29)47-36)32-20-31-34(21-35(32)57-4)50(26-51)38-44(31)16-19-49-17-11-15-43(8-2,37(44)49)39(60-27(3)52)46(38,56)41(54)59-6/h9-13,15,20-21,26,28,37-39,47,55-56H,7-8,14,16-19,22-25H2,1-6H3/t28-,37+,38-,39+,42-,43+,44+,45-,46-/m0/s1. The molecule has 3 N–H and O–H groups in total. The second-order valence-electron chi connectivity index (χ2n) is 18.1. The van der Waals surface area contributed by atoms with Gasteiger partial charge in [-0.2, -0.15) is 0 Å². The second kappa shape index (κ2) is 14.1. The average molecular weight is 825 g/mol. The van der Waals surface area contributed by atoms with Crippen LogP contribution in [-0.2, 0) is 50.6 Å². The van der Waals surface area contributed by atoms with E-state index >= 15 is 4.79 Å². The third-order valence-electron chi connectivity index (χ3n) is 15.5. The zero-order valence-electron chi connectivity index (χ0n) is 35.3. The lowest BCUT2D eigenvalue weighted by atomic mass is 9.47. The molecule has 1 aromatic heterocycles. The van der Waals surface area contributed by atoms with Gasteiger partial charge in [0.15, 0.2) is 6.10 Å². The number of aromatic nitrogens is 1. The first-order valence-electron chi connectivity index (χ1n) is 21.3. The zero-order valence-corrected chi connectivity index (χ0v) is 35.3. The van der Waals surface area contributed by atoms with Crippen LogP contribution in [-0.4, -0.2) is 133 Å². The average Bonchev–Trinajstić information content (AvgIpc) is 3.92. The first-order chi connectivity index (χ1) is 28.8. The van der Waals surface area contributed by atoms with Gasteiger partial charge in [0.2, 0.25) is 12.0 Å². The molecule has 2 aromatic carbocycles. The lowest BCUT2D eigenvalue weighted by molar-refractivity contribution is -0.228. The van der Waals surface area contributed by atoms with Crippen molar-refractivity contribution < 1.29 is 48.3 Å². The largest absolute Gasteiger partial charge is 0.496 e. The maximum Gasteiger partial charge on any atom is 0.344 e. The van der Waals surface area contributed by atoms with Gasteiger partial charge in [-0.3, -0.25) is 24.2 Å². The van der Waals surface area contributed by atoms with Gasteiger partial charge in [-0.25, -0.2) is 4.79 Å². The number of rotatable bonds is 8. The summed E-state index contributed by atoms with van der Waals surface area (Å²) in [6.45, 7) is 8.16. The molecule has 6 heterocycles. The summed E-state index contributed by atoms with van der Waals surface area (Å²) in [5.74, 6) is -2.06. The Labute approximate surface area is 349 Å². The Morgan fingerprint density at radius 3 is 2.42 bits per heavy atom. The lowest BCUT2D eigenvalue weighted by Gasteiger charge is -2.63. The summed E-state index contributed by atoms with van der Waals surface area (Å²) in [5.41, 5.74) is -3.15. The van der Waals surface area contributed by atoms with Gasteiger partial charge in [0.1, 0.15) is 11.2 Å². The summed E-state index contributed by atoms with van der Waals surface area (Å²) in [6, 6.07) is 9.97. The number of piperidine rings is 1. The number of ether oxygens (including phenoxy) is 4. The van der Waals surface area contributed by atoms with E-state index in [1.807, 2.05) is 50.3 Å². The number of fused-ring (bicyclic) bond motifs is 6. The molecule has 5 aliphatic heterocycles. The highest BCUT2D eigenvalue weighted by molar-refractivity contribution is 5.96. The number of hydrogen-bond acceptors (Lipinski definition) is 12.